The number of alkyl carbamates (subject to hydrolysis) is 1. The number of ether oxygens (including phenoxy) is 1. The molecule has 0 fully saturated rings. The lowest BCUT2D eigenvalue weighted by molar-refractivity contribution is -0.135. The number of hydrogen-bond donors (Lipinski definition) is 7. The minimum absolute atomic E-state index is 0.0849. The third-order valence-electron chi connectivity index (χ3n) is 8.95. The first-order chi connectivity index (χ1) is 27.4. The van der Waals surface area contributed by atoms with Crippen LogP contribution in [0.3, 0.4) is 0 Å². The van der Waals surface area contributed by atoms with Crippen molar-refractivity contribution in [3.8, 4) is 22.3 Å². The van der Waals surface area contributed by atoms with Gasteiger partial charge >= 0.3 is 6.09 Å². The molecule has 0 aliphatic heterocycles. The van der Waals surface area contributed by atoms with Gasteiger partial charge in [0.2, 0.25) is 11.8 Å². The summed E-state index contributed by atoms with van der Waals surface area (Å²) >= 11 is 0. The Kier molecular flexibility index (Phi) is 16.3. The molecule has 15 heteroatoms. The minimum Gasteiger partial charge on any atom is -0.449 e. The number of carbonyl (C=O) groups is 6. The SMILES string of the molecule is CCONC(=O)[C@H](CNC(C)=O)NC(=O)OCC1c2ccccc2-c2ccccc21.CCc1ccc(-c2ccc(C(=O)NC(CNC(C)=O)C(=O)NO)cc2)cc1. The van der Waals surface area contributed by atoms with E-state index in [9.17, 15) is 28.8 Å². The van der Waals surface area contributed by atoms with Crippen molar-refractivity contribution in [3.63, 3.8) is 0 Å². The van der Waals surface area contributed by atoms with Crippen LogP contribution in [0, 0.1) is 0 Å². The van der Waals surface area contributed by atoms with E-state index in [1.807, 2.05) is 60.7 Å². The average molecular weight is 781 g/mol. The molecular formula is C42H48N6O9. The molecule has 7 N–H and O–H groups in total. The molecule has 0 bridgehead atoms. The molecule has 1 aliphatic rings. The summed E-state index contributed by atoms with van der Waals surface area (Å²) in [5.74, 6) is -2.64. The van der Waals surface area contributed by atoms with E-state index in [4.69, 9.17) is 14.8 Å². The normalized spacial score (nSPS) is 12.2. The highest BCUT2D eigenvalue weighted by Crippen LogP contribution is 2.44. The lowest BCUT2D eigenvalue weighted by Crippen LogP contribution is -2.52. The van der Waals surface area contributed by atoms with Gasteiger partial charge in [-0.15, -0.1) is 0 Å². The smallest absolute Gasteiger partial charge is 0.407 e. The number of rotatable bonds is 15. The van der Waals surface area contributed by atoms with Crippen LogP contribution in [0.2, 0.25) is 0 Å². The van der Waals surface area contributed by atoms with Crippen LogP contribution < -0.4 is 32.2 Å². The zero-order valence-corrected chi connectivity index (χ0v) is 32.2. The summed E-state index contributed by atoms with van der Waals surface area (Å²) in [5.41, 5.74) is 11.8. The van der Waals surface area contributed by atoms with Crippen LogP contribution in [0.25, 0.3) is 22.3 Å². The van der Waals surface area contributed by atoms with Crippen molar-refractivity contribution >= 4 is 35.6 Å². The number of hydrogen-bond acceptors (Lipinski definition) is 9. The molecule has 1 aliphatic carbocycles. The molecule has 0 saturated heterocycles. The van der Waals surface area contributed by atoms with Crippen LogP contribution >= 0.6 is 0 Å². The van der Waals surface area contributed by atoms with E-state index in [2.05, 4.69) is 57.9 Å². The fraction of sp³-hybridized carbons (Fsp3) is 0.286. The third-order valence-corrected chi connectivity index (χ3v) is 8.95. The second-order valence-corrected chi connectivity index (χ2v) is 12.9. The summed E-state index contributed by atoms with van der Waals surface area (Å²) in [6.07, 6.45) is 0.222. The first-order valence-electron chi connectivity index (χ1n) is 18.4. The molecule has 6 amide bonds. The maximum Gasteiger partial charge on any atom is 0.407 e. The van der Waals surface area contributed by atoms with E-state index >= 15 is 0 Å². The minimum atomic E-state index is -1.09. The van der Waals surface area contributed by atoms with Crippen molar-refractivity contribution in [3.05, 3.63) is 119 Å². The fourth-order valence-electron chi connectivity index (χ4n) is 5.97. The zero-order chi connectivity index (χ0) is 41.3. The number of nitrogens with one attached hydrogen (secondary N) is 6. The summed E-state index contributed by atoms with van der Waals surface area (Å²) in [6.45, 7) is 6.60. The van der Waals surface area contributed by atoms with E-state index < -0.39 is 35.9 Å². The van der Waals surface area contributed by atoms with Crippen LogP contribution in [-0.2, 0) is 35.2 Å². The van der Waals surface area contributed by atoms with Gasteiger partial charge in [-0.1, -0.05) is 91.9 Å². The highest BCUT2D eigenvalue weighted by molar-refractivity contribution is 5.98. The Morgan fingerprint density at radius 1 is 0.667 bits per heavy atom. The third kappa shape index (κ3) is 12.5. The zero-order valence-electron chi connectivity index (χ0n) is 32.2. The topological polar surface area (TPSA) is 213 Å². The molecule has 4 aromatic rings. The Hall–Kier alpha value is -6.58. The van der Waals surface area contributed by atoms with Crippen LogP contribution in [0.5, 0.6) is 0 Å². The number of benzene rings is 4. The Morgan fingerprint density at radius 3 is 1.67 bits per heavy atom. The summed E-state index contributed by atoms with van der Waals surface area (Å²) in [7, 11) is 0. The van der Waals surface area contributed by atoms with E-state index in [0.717, 1.165) is 39.8 Å². The van der Waals surface area contributed by atoms with E-state index in [-0.39, 0.29) is 44.0 Å². The summed E-state index contributed by atoms with van der Waals surface area (Å²) in [5, 5.41) is 18.7. The molecule has 0 saturated carbocycles. The monoisotopic (exact) mass is 780 g/mol. The van der Waals surface area contributed by atoms with Gasteiger partial charge in [-0.3, -0.25) is 34.0 Å². The van der Waals surface area contributed by atoms with Gasteiger partial charge in [-0.25, -0.2) is 15.8 Å². The Bertz CT molecular complexity index is 1980. The molecule has 0 aromatic heterocycles. The molecule has 15 nitrogen and oxygen atoms in total. The Labute approximate surface area is 330 Å². The lowest BCUT2D eigenvalue weighted by atomic mass is 9.98. The first-order valence-corrected chi connectivity index (χ1v) is 18.4. The van der Waals surface area contributed by atoms with Crippen molar-refractivity contribution in [2.75, 3.05) is 26.3 Å². The van der Waals surface area contributed by atoms with Crippen LogP contribution in [0.15, 0.2) is 97.1 Å². The van der Waals surface area contributed by atoms with Crippen molar-refractivity contribution in [1.82, 2.24) is 32.2 Å². The van der Waals surface area contributed by atoms with Crippen LogP contribution in [-0.4, -0.2) is 79.2 Å². The molecule has 300 valence electrons. The predicted octanol–water partition coefficient (Wildman–Crippen LogP) is 3.75. The number of aryl methyl sites for hydroxylation is 1. The molecule has 5 rings (SSSR count). The maximum atomic E-state index is 12.4. The predicted molar refractivity (Wildman–Crippen MR) is 212 cm³/mol. The standard InChI is InChI=1S/C22H25N3O5.C20H23N3O4/c1-3-30-25-21(27)20(12-23-14(2)26)24-22(28)29-13-19-17-10-6-4-8-15(17)16-9-5-7-11-18(16)19;1-3-14-4-6-15(7-5-14)16-8-10-17(11-9-16)19(25)22-18(20(26)23-27)12-21-13(2)24/h4-11,19-20H,3,12-13H2,1-2H3,(H,23,26)(H,24,28)(H,25,27);4-11,18,27H,3,12H2,1-2H3,(H,21,24)(H,22,25)(H,23,26)/t20-;/m0./s1. The van der Waals surface area contributed by atoms with Crippen molar-refractivity contribution in [2.45, 2.75) is 52.1 Å². The van der Waals surface area contributed by atoms with Gasteiger partial charge in [0.25, 0.3) is 17.7 Å². The number of amides is 6. The van der Waals surface area contributed by atoms with Gasteiger partial charge in [0.15, 0.2) is 0 Å². The van der Waals surface area contributed by atoms with Crippen LogP contribution in [0.1, 0.15) is 60.7 Å². The van der Waals surface area contributed by atoms with Crippen molar-refractivity contribution in [1.29, 1.82) is 0 Å². The van der Waals surface area contributed by atoms with Gasteiger partial charge in [0.1, 0.15) is 18.7 Å². The van der Waals surface area contributed by atoms with Gasteiger partial charge in [0, 0.05) is 38.4 Å². The number of fused-ring (bicyclic) bond motifs is 3. The molecule has 0 heterocycles. The average Bonchev–Trinajstić information content (AvgIpc) is 3.55. The highest BCUT2D eigenvalue weighted by Gasteiger charge is 2.30. The molecule has 4 aromatic carbocycles. The largest absolute Gasteiger partial charge is 0.449 e. The van der Waals surface area contributed by atoms with E-state index in [0.29, 0.717) is 5.56 Å². The van der Waals surface area contributed by atoms with Crippen LogP contribution in [0.4, 0.5) is 4.79 Å². The molecule has 57 heavy (non-hydrogen) atoms. The first kappa shape index (κ1) is 43.2. The van der Waals surface area contributed by atoms with E-state index in [1.54, 1.807) is 19.1 Å². The number of carbonyl (C=O) groups excluding carboxylic acids is 6. The highest BCUT2D eigenvalue weighted by atomic mass is 16.6. The second kappa shape index (κ2) is 21.5. The molecular weight excluding hydrogens is 732 g/mol. The molecule has 0 radical (unpaired) electrons. The molecule has 0 spiro atoms. The summed E-state index contributed by atoms with van der Waals surface area (Å²) < 4.78 is 5.45. The molecule has 2 atom stereocenters. The maximum absolute atomic E-state index is 12.4. The van der Waals surface area contributed by atoms with Gasteiger partial charge in [-0.2, -0.15) is 0 Å². The fourth-order valence-corrected chi connectivity index (χ4v) is 5.97. The van der Waals surface area contributed by atoms with Gasteiger partial charge in [0.05, 0.1) is 6.61 Å². The van der Waals surface area contributed by atoms with Crippen molar-refractivity contribution < 1.29 is 43.5 Å². The molecule has 1 unspecified atom stereocenters. The van der Waals surface area contributed by atoms with Crippen molar-refractivity contribution in [2.24, 2.45) is 0 Å². The summed E-state index contributed by atoms with van der Waals surface area (Å²) in [4.78, 5) is 75.7. The second-order valence-electron chi connectivity index (χ2n) is 12.9. The van der Waals surface area contributed by atoms with Gasteiger partial charge in [-0.05, 0) is 64.4 Å². The van der Waals surface area contributed by atoms with E-state index in [1.165, 1.54) is 24.9 Å². The van der Waals surface area contributed by atoms with Gasteiger partial charge < -0.3 is 26.0 Å². The Morgan fingerprint density at radius 2 is 1.18 bits per heavy atom. The number of hydroxylamine groups is 2. The quantitative estimate of drug-likeness (QED) is 0.0691. The summed E-state index contributed by atoms with van der Waals surface area (Å²) in [6, 6.07) is 29.1. The Balaban J connectivity index is 0.000000254. The lowest BCUT2D eigenvalue weighted by Gasteiger charge is -2.19.